The monoisotopic (exact) mass is 335 g/mol. The number of ether oxygens (including phenoxy) is 2. The molecule has 1 heterocycles. The molecule has 2 aromatic rings. The van der Waals surface area contributed by atoms with Crippen LogP contribution in [-0.2, 0) is 6.54 Å². The number of carbonyl (C=O) groups excluding carboxylic acids is 1. The Kier molecular flexibility index (Phi) is 6.22. The fourth-order valence-corrected chi connectivity index (χ4v) is 2.68. The van der Waals surface area contributed by atoms with Gasteiger partial charge in [-0.1, -0.05) is 6.07 Å². The van der Waals surface area contributed by atoms with Crippen molar-refractivity contribution in [2.75, 3.05) is 13.7 Å². The average molecular weight is 335 g/mol. The van der Waals surface area contributed by atoms with E-state index >= 15 is 0 Å². The molecule has 1 atom stereocenters. The molecule has 0 aliphatic heterocycles. The number of nitrogens with zero attached hydrogens (tertiary/aromatic N) is 1. The molecule has 6 nitrogen and oxygen atoms in total. The standard InChI is InChI=1S/C16H21N3O3S/c1-4-22-13-6-5-12(9-14(13)21-3)10-18-16(20)19-11(2)15-17-7-8-23-15/h5-9,11H,4,10H2,1-3H3,(H2,18,19,20). The van der Waals surface area contributed by atoms with Crippen LogP contribution < -0.4 is 20.1 Å². The highest BCUT2D eigenvalue weighted by atomic mass is 32.1. The Morgan fingerprint density at radius 3 is 2.87 bits per heavy atom. The lowest BCUT2D eigenvalue weighted by molar-refractivity contribution is 0.237. The molecule has 0 fully saturated rings. The highest BCUT2D eigenvalue weighted by molar-refractivity contribution is 7.09. The highest BCUT2D eigenvalue weighted by Gasteiger charge is 2.11. The van der Waals surface area contributed by atoms with Crippen molar-refractivity contribution < 1.29 is 14.3 Å². The number of carbonyl (C=O) groups is 1. The van der Waals surface area contributed by atoms with E-state index < -0.39 is 0 Å². The van der Waals surface area contributed by atoms with Gasteiger partial charge in [0.15, 0.2) is 11.5 Å². The third-order valence-electron chi connectivity index (χ3n) is 3.15. The van der Waals surface area contributed by atoms with Crippen molar-refractivity contribution >= 4 is 17.4 Å². The lowest BCUT2D eigenvalue weighted by atomic mass is 10.2. The second-order valence-corrected chi connectivity index (χ2v) is 5.76. The molecular weight excluding hydrogens is 314 g/mol. The topological polar surface area (TPSA) is 72.5 Å². The quantitative estimate of drug-likeness (QED) is 0.815. The lowest BCUT2D eigenvalue weighted by Gasteiger charge is -2.14. The number of benzene rings is 1. The molecule has 2 amide bonds. The summed E-state index contributed by atoms with van der Waals surface area (Å²) in [5, 5.41) is 8.44. The summed E-state index contributed by atoms with van der Waals surface area (Å²) in [6.45, 7) is 4.80. The Hall–Kier alpha value is -2.28. The number of thiazole rings is 1. The molecule has 7 heteroatoms. The summed E-state index contributed by atoms with van der Waals surface area (Å²) >= 11 is 1.51. The number of hydrogen-bond donors (Lipinski definition) is 2. The van der Waals surface area contributed by atoms with Crippen molar-refractivity contribution in [1.29, 1.82) is 0 Å². The molecule has 0 bridgehead atoms. The predicted molar refractivity (Wildman–Crippen MR) is 90.1 cm³/mol. The minimum absolute atomic E-state index is 0.120. The molecule has 0 spiro atoms. The van der Waals surface area contributed by atoms with Crippen molar-refractivity contribution in [2.45, 2.75) is 26.4 Å². The largest absolute Gasteiger partial charge is 0.493 e. The number of hydrogen-bond acceptors (Lipinski definition) is 5. The summed E-state index contributed by atoms with van der Waals surface area (Å²) in [6.07, 6.45) is 1.72. The van der Waals surface area contributed by atoms with E-state index in [0.29, 0.717) is 24.7 Å². The van der Waals surface area contributed by atoms with Crippen molar-refractivity contribution in [2.24, 2.45) is 0 Å². The van der Waals surface area contributed by atoms with Gasteiger partial charge in [-0.2, -0.15) is 0 Å². The summed E-state index contributed by atoms with van der Waals surface area (Å²) in [4.78, 5) is 16.1. The van der Waals surface area contributed by atoms with E-state index in [4.69, 9.17) is 9.47 Å². The van der Waals surface area contributed by atoms with E-state index in [-0.39, 0.29) is 12.1 Å². The Bertz CT molecular complexity index is 632. The molecule has 1 aromatic heterocycles. The number of nitrogens with one attached hydrogen (secondary N) is 2. The first kappa shape index (κ1) is 17.1. The zero-order valence-electron chi connectivity index (χ0n) is 13.5. The predicted octanol–water partition coefficient (Wildman–Crippen LogP) is 3.11. The fraction of sp³-hybridized carbons (Fsp3) is 0.375. The molecule has 0 saturated heterocycles. The second kappa shape index (κ2) is 8.38. The van der Waals surface area contributed by atoms with Crippen LogP contribution in [0.5, 0.6) is 11.5 Å². The average Bonchev–Trinajstić information content (AvgIpc) is 3.08. The molecule has 0 aliphatic rings. The number of amides is 2. The zero-order valence-corrected chi connectivity index (χ0v) is 14.3. The van der Waals surface area contributed by atoms with Gasteiger partial charge >= 0.3 is 6.03 Å². The van der Waals surface area contributed by atoms with Crippen LogP contribution in [0.3, 0.4) is 0 Å². The zero-order chi connectivity index (χ0) is 16.7. The molecule has 1 unspecified atom stereocenters. The first-order valence-corrected chi connectivity index (χ1v) is 8.25. The van der Waals surface area contributed by atoms with Crippen molar-refractivity contribution in [3.05, 3.63) is 40.3 Å². The maximum atomic E-state index is 11.9. The van der Waals surface area contributed by atoms with Crippen LogP contribution in [0.1, 0.15) is 30.5 Å². The van der Waals surface area contributed by atoms with Crippen molar-refractivity contribution in [3.8, 4) is 11.5 Å². The summed E-state index contributed by atoms with van der Waals surface area (Å²) in [5.74, 6) is 1.35. The van der Waals surface area contributed by atoms with Crippen molar-refractivity contribution in [3.63, 3.8) is 0 Å². The summed E-state index contributed by atoms with van der Waals surface area (Å²) in [6, 6.07) is 5.24. The SMILES string of the molecule is CCOc1ccc(CNC(=O)NC(C)c2nccs2)cc1OC. The Morgan fingerprint density at radius 2 is 2.22 bits per heavy atom. The minimum Gasteiger partial charge on any atom is -0.493 e. The molecule has 0 aliphatic carbocycles. The maximum Gasteiger partial charge on any atom is 0.315 e. The van der Waals surface area contributed by atoms with Crippen LogP contribution in [0.25, 0.3) is 0 Å². The van der Waals surface area contributed by atoms with E-state index in [1.54, 1.807) is 13.3 Å². The molecule has 0 saturated carbocycles. The van der Waals surface area contributed by atoms with E-state index in [0.717, 1.165) is 10.6 Å². The normalized spacial score (nSPS) is 11.6. The molecule has 1 aromatic carbocycles. The molecule has 2 N–H and O–H groups in total. The Labute approximate surface area is 139 Å². The molecule has 124 valence electrons. The summed E-state index contributed by atoms with van der Waals surface area (Å²) in [7, 11) is 1.59. The lowest BCUT2D eigenvalue weighted by Crippen LogP contribution is -2.36. The van der Waals surface area contributed by atoms with Gasteiger partial charge in [0.25, 0.3) is 0 Å². The molecular formula is C16H21N3O3S. The first-order chi connectivity index (χ1) is 11.1. The van der Waals surface area contributed by atoms with Crippen LogP contribution in [0.2, 0.25) is 0 Å². The first-order valence-electron chi connectivity index (χ1n) is 7.37. The van der Waals surface area contributed by atoms with E-state index in [9.17, 15) is 4.79 Å². The van der Waals surface area contributed by atoms with Crippen LogP contribution in [0.4, 0.5) is 4.79 Å². The molecule has 23 heavy (non-hydrogen) atoms. The van der Waals surface area contributed by atoms with Crippen molar-refractivity contribution in [1.82, 2.24) is 15.6 Å². The van der Waals surface area contributed by atoms with Gasteiger partial charge in [-0.05, 0) is 31.5 Å². The van der Waals surface area contributed by atoms with Crippen LogP contribution >= 0.6 is 11.3 Å². The van der Waals surface area contributed by atoms with Gasteiger partial charge in [0.1, 0.15) is 5.01 Å². The van der Waals surface area contributed by atoms with Crippen LogP contribution in [0, 0.1) is 0 Å². The van der Waals surface area contributed by atoms with Gasteiger partial charge in [-0.3, -0.25) is 0 Å². The fourth-order valence-electron chi connectivity index (χ4n) is 2.04. The number of rotatable bonds is 7. The Morgan fingerprint density at radius 1 is 1.39 bits per heavy atom. The van der Waals surface area contributed by atoms with Gasteiger partial charge in [0, 0.05) is 18.1 Å². The smallest absolute Gasteiger partial charge is 0.315 e. The van der Waals surface area contributed by atoms with Crippen LogP contribution in [0.15, 0.2) is 29.8 Å². The van der Waals surface area contributed by atoms with E-state index in [2.05, 4.69) is 15.6 Å². The van der Waals surface area contributed by atoms with E-state index in [1.807, 2.05) is 37.4 Å². The van der Waals surface area contributed by atoms with Gasteiger partial charge in [-0.25, -0.2) is 9.78 Å². The van der Waals surface area contributed by atoms with Gasteiger partial charge < -0.3 is 20.1 Å². The Balaban J connectivity index is 1.88. The highest BCUT2D eigenvalue weighted by Crippen LogP contribution is 2.27. The van der Waals surface area contributed by atoms with Gasteiger partial charge in [0.2, 0.25) is 0 Å². The number of aromatic nitrogens is 1. The third kappa shape index (κ3) is 4.85. The van der Waals surface area contributed by atoms with Crippen LogP contribution in [-0.4, -0.2) is 24.7 Å². The number of methoxy groups -OCH3 is 1. The summed E-state index contributed by atoms with van der Waals surface area (Å²) in [5.41, 5.74) is 0.933. The molecule has 0 radical (unpaired) electrons. The van der Waals surface area contributed by atoms with Gasteiger partial charge in [0.05, 0.1) is 19.8 Å². The third-order valence-corrected chi connectivity index (χ3v) is 4.11. The maximum absolute atomic E-state index is 11.9. The summed E-state index contributed by atoms with van der Waals surface area (Å²) < 4.78 is 10.8. The van der Waals surface area contributed by atoms with E-state index in [1.165, 1.54) is 11.3 Å². The van der Waals surface area contributed by atoms with Gasteiger partial charge in [-0.15, -0.1) is 11.3 Å². The molecule has 2 rings (SSSR count). The number of urea groups is 1. The second-order valence-electron chi connectivity index (χ2n) is 4.84. The minimum atomic E-state index is -0.236.